The summed E-state index contributed by atoms with van der Waals surface area (Å²) < 4.78 is 0. The summed E-state index contributed by atoms with van der Waals surface area (Å²) in [6, 6.07) is 0.183. The van der Waals surface area contributed by atoms with Crippen LogP contribution in [0.5, 0.6) is 0 Å². The third-order valence-electron chi connectivity index (χ3n) is 3.18. The molecule has 2 unspecified atom stereocenters. The Bertz CT molecular complexity index is 337. The molecule has 16 heavy (non-hydrogen) atoms. The lowest BCUT2D eigenvalue weighted by Gasteiger charge is -2.30. The fourth-order valence-electron chi connectivity index (χ4n) is 2.23. The zero-order valence-corrected chi connectivity index (χ0v) is 9.15. The molecule has 0 radical (unpaired) electrons. The normalized spacial score (nSPS) is 25.3. The van der Waals surface area contributed by atoms with Gasteiger partial charge in [0, 0.05) is 6.04 Å². The van der Waals surface area contributed by atoms with E-state index in [1.807, 2.05) is 0 Å². The molecule has 1 fully saturated rings. The summed E-state index contributed by atoms with van der Waals surface area (Å²) in [5.74, 6) is 0.226. The number of aromatic nitrogens is 3. The van der Waals surface area contributed by atoms with E-state index in [-0.39, 0.29) is 11.9 Å². The molecule has 6 nitrogen and oxygen atoms in total. The van der Waals surface area contributed by atoms with Crippen LogP contribution in [0, 0.1) is 5.92 Å². The minimum Gasteiger partial charge on any atom is -0.348 e. The molecular weight excluding hydrogens is 206 g/mol. The van der Waals surface area contributed by atoms with Crippen molar-refractivity contribution in [2.45, 2.75) is 31.7 Å². The highest BCUT2D eigenvalue weighted by Crippen LogP contribution is 2.23. The third kappa shape index (κ3) is 2.38. The van der Waals surface area contributed by atoms with Crippen LogP contribution in [-0.4, -0.2) is 33.9 Å². The second-order valence-corrected chi connectivity index (χ2v) is 4.22. The second kappa shape index (κ2) is 5.07. The summed E-state index contributed by atoms with van der Waals surface area (Å²) in [4.78, 5) is 11.8. The number of hydrogen-bond donors (Lipinski definition) is 3. The molecule has 4 N–H and O–H groups in total. The molecule has 1 heterocycles. The van der Waals surface area contributed by atoms with Gasteiger partial charge in [-0.2, -0.15) is 15.4 Å². The number of nitrogens with one attached hydrogen (secondary N) is 2. The van der Waals surface area contributed by atoms with Crippen molar-refractivity contribution in [3.05, 3.63) is 11.9 Å². The minimum atomic E-state index is -0.167. The number of amides is 1. The molecule has 1 amide bonds. The number of aromatic amines is 1. The maximum absolute atomic E-state index is 11.8. The molecule has 1 saturated carbocycles. The summed E-state index contributed by atoms with van der Waals surface area (Å²) >= 11 is 0. The number of carbonyl (C=O) groups is 1. The Labute approximate surface area is 94.0 Å². The molecule has 1 aromatic heterocycles. The first-order chi connectivity index (χ1) is 7.81. The van der Waals surface area contributed by atoms with Crippen molar-refractivity contribution in [1.29, 1.82) is 0 Å². The van der Waals surface area contributed by atoms with E-state index in [0.717, 1.165) is 19.3 Å². The first-order valence-electron chi connectivity index (χ1n) is 5.68. The van der Waals surface area contributed by atoms with Gasteiger partial charge in [0.25, 0.3) is 5.91 Å². The van der Waals surface area contributed by atoms with Gasteiger partial charge in [0.05, 0.1) is 6.20 Å². The fourth-order valence-corrected chi connectivity index (χ4v) is 2.23. The van der Waals surface area contributed by atoms with Gasteiger partial charge in [-0.1, -0.05) is 12.8 Å². The Morgan fingerprint density at radius 1 is 1.56 bits per heavy atom. The Hall–Kier alpha value is -1.43. The molecule has 0 aliphatic heterocycles. The molecule has 1 aliphatic carbocycles. The lowest BCUT2D eigenvalue weighted by atomic mass is 9.84. The lowest BCUT2D eigenvalue weighted by molar-refractivity contribution is 0.0903. The van der Waals surface area contributed by atoms with Gasteiger partial charge in [0.15, 0.2) is 5.69 Å². The van der Waals surface area contributed by atoms with Crippen molar-refractivity contribution >= 4 is 5.91 Å². The van der Waals surface area contributed by atoms with Gasteiger partial charge in [0.1, 0.15) is 0 Å². The highest BCUT2D eigenvalue weighted by Gasteiger charge is 2.26. The SMILES string of the molecule is NCC1CCCCC1NC(=O)c1cn[nH]n1. The topological polar surface area (TPSA) is 96.7 Å². The number of hydrogen-bond acceptors (Lipinski definition) is 4. The zero-order chi connectivity index (χ0) is 11.4. The highest BCUT2D eigenvalue weighted by atomic mass is 16.2. The first-order valence-corrected chi connectivity index (χ1v) is 5.68. The van der Waals surface area contributed by atoms with Crippen LogP contribution < -0.4 is 11.1 Å². The molecule has 88 valence electrons. The summed E-state index contributed by atoms with van der Waals surface area (Å²) in [7, 11) is 0. The summed E-state index contributed by atoms with van der Waals surface area (Å²) in [6.07, 6.45) is 5.89. The smallest absolute Gasteiger partial charge is 0.273 e. The predicted octanol–water partition coefficient (Wildman–Crippen LogP) is 0.0520. The largest absolute Gasteiger partial charge is 0.348 e. The quantitative estimate of drug-likeness (QED) is 0.674. The molecule has 0 spiro atoms. The van der Waals surface area contributed by atoms with E-state index in [0.29, 0.717) is 18.2 Å². The number of nitrogens with two attached hydrogens (primary N) is 1. The molecule has 0 bridgehead atoms. The Morgan fingerprint density at radius 3 is 3.06 bits per heavy atom. The van der Waals surface area contributed by atoms with Crippen LogP contribution in [0.1, 0.15) is 36.2 Å². The highest BCUT2D eigenvalue weighted by molar-refractivity contribution is 5.92. The zero-order valence-electron chi connectivity index (χ0n) is 9.15. The Balaban J connectivity index is 1.95. The first kappa shape index (κ1) is 11.1. The van der Waals surface area contributed by atoms with E-state index >= 15 is 0 Å². The lowest BCUT2D eigenvalue weighted by Crippen LogP contribution is -2.44. The molecule has 1 aliphatic rings. The molecule has 6 heteroatoms. The minimum absolute atomic E-state index is 0.167. The van der Waals surface area contributed by atoms with Gasteiger partial charge in [-0.25, -0.2) is 0 Å². The summed E-state index contributed by atoms with van der Waals surface area (Å²) in [5.41, 5.74) is 6.04. The van der Waals surface area contributed by atoms with Crippen LogP contribution in [-0.2, 0) is 0 Å². The average Bonchev–Trinajstić information content (AvgIpc) is 2.83. The van der Waals surface area contributed by atoms with Crippen molar-refractivity contribution in [1.82, 2.24) is 20.7 Å². The molecular formula is C10H17N5O. The van der Waals surface area contributed by atoms with Crippen molar-refractivity contribution < 1.29 is 4.79 Å². The van der Waals surface area contributed by atoms with Gasteiger partial charge in [-0.3, -0.25) is 4.79 Å². The Morgan fingerprint density at radius 2 is 2.38 bits per heavy atom. The second-order valence-electron chi connectivity index (χ2n) is 4.22. The number of rotatable bonds is 3. The van der Waals surface area contributed by atoms with Gasteiger partial charge in [0.2, 0.25) is 0 Å². The number of nitrogens with zero attached hydrogens (tertiary/aromatic N) is 2. The fraction of sp³-hybridized carbons (Fsp3) is 0.700. The van der Waals surface area contributed by atoms with Gasteiger partial charge < -0.3 is 11.1 Å². The van der Waals surface area contributed by atoms with Crippen LogP contribution in [0.15, 0.2) is 6.20 Å². The van der Waals surface area contributed by atoms with Crippen molar-refractivity contribution in [2.24, 2.45) is 11.7 Å². The maximum atomic E-state index is 11.8. The molecule has 2 atom stereocenters. The van der Waals surface area contributed by atoms with E-state index in [1.54, 1.807) is 0 Å². The predicted molar refractivity (Wildman–Crippen MR) is 58.6 cm³/mol. The molecule has 1 aromatic rings. The van der Waals surface area contributed by atoms with E-state index in [4.69, 9.17) is 5.73 Å². The van der Waals surface area contributed by atoms with Gasteiger partial charge in [-0.15, -0.1) is 0 Å². The third-order valence-corrected chi connectivity index (χ3v) is 3.18. The van der Waals surface area contributed by atoms with Crippen LogP contribution in [0.2, 0.25) is 0 Å². The van der Waals surface area contributed by atoms with E-state index in [2.05, 4.69) is 20.7 Å². The van der Waals surface area contributed by atoms with Gasteiger partial charge in [-0.05, 0) is 25.3 Å². The van der Waals surface area contributed by atoms with Crippen LogP contribution >= 0.6 is 0 Å². The molecule has 0 saturated heterocycles. The average molecular weight is 223 g/mol. The molecule has 0 aromatic carbocycles. The monoisotopic (exact) mass is 223 g/mol. The van der Waals surface area contributed by atoms with E-state index < -0.39 is 0 Å². The van der Waals surface area contributed by atoms with Crippen molar-refractivity contribution in [3.8, 4) is 0 Å². The van der Waals surface area contributed by atoms with Crippen LogP contribution in [0.25, 0.3) is 0 Å². The number of H-pyrrole nitrogens is 1. The summed E-state index contributed by atoms with van der Waals surface area (Å²) in [6.45, 7) is 0.629. The number of carbonyl (C=O) groups excluding carboxylic acids is 1. The Kier molecular flexibility index (Phi) is 3.51. The van der Waals surface area contributed by atoms with Crippen molar-refractivity contribution in [2.75, 3.05) is 6.54 Å². The standard InChI is InChI=1S/C10H17N5O/c11-5-7-3-1-2-4-8(7)13-10(16)9-6-12-15-14-9/h6-8H,1-5,11H2,(H,13,16)(H,12,14,15). The maximum Gasteiger partial charge on any atom is 0.273 e. The van der Waals surface area contributed by atoms with E-state index in [1.165, 1.54) is 12.6 Å². The van der Waals surface area contributed by atoms with Crippen LogP contribution in [0.4, 0.5) is 0 Å². The van der Waals surface area contributed by atoms with Gasteiger partial charge >= 0.3 is 0 Å². The van der Waals surface area contributed by atoms with Crippen molar-refractivity contribution in [3.63, 3.8) is 0 Å². The molecule has 2 rings (SSSR count). The summed E-state index contributed by atoms with van der Waals surface area (Å²) in [5, 5.41) is 12.8. The van der Waals surface area contributed by atoms with Crippen LogP contribution in [0.3, 0.4) is 0 Å². The van der Waals surface area contributed by atoms with E-state index in [9.17, 15) is 4.79 Å².